The molecular weight excluding hydrogens is 881 g/mol. The SMILES string of the molecule is COc1n[nH]c2nc(N3CCC4(CC3)Cc3ccccc3[C@H]4N)c(CO)nc12.COc1nn(C2CCCCO2)c2nc(N3CCC4(CC3)Cc3ccccc3[C@H]4NC(=O)OC(C)(C)C)c(CO)nc12. The lowest BCUT2D eigenvalue weighted by Gasteiger charge is -2.44. The van der Waals surface area contributed by atoms with E-state index in [2.05, 4.69) is 82.8 Å². The number of nitrogens with zero attached hydrogens (tertiary/aromatic N) is 9. The lowest BCUT2D eigenvalue weighted by atomic mass is 9.72. The van der Waals surface area contributed by atoms with E-state index in [9.17, 15) is 15.0 Å². The van der Waals surface area contributed by atoms with Gasteiger partial charge in [-0.05, 0) is 106 Å². The molecule has 0 bridgehead atoms. The molecule has 2 spiro atoms. The Balaban J connectivity index is 0.000000172. The first kappa shape index (κ1) is 46.6. The summed E-state index contributed by atoms with van der Waals surface area (Å²) in [4.78, 5) is 36.3. The summed E-state index contributed by atoms with van der Waals surface area (Å²) in [6.07, 6.45) is 7.87. The largest absolute Gasteiger partial charge is 0.478 e. The number of ether oxygens (including phenoxy) is 4. The predicted molar refractivity (Wildman–Crippen MR) is 258 cm³/mol. The average molecular weight is 945 g/mol. The second-order valence-electron chi connectivity index (χ2n) is 20.2. The van der Waals surface area contributed by atoms with Gasteiger partial charge in [-0.2, -0.15) is 0 Å². The third-order valence-electron chi connectivity index (χ3n) is 15.0. The Kier molecular flexibility index (Phi) is 12.6. The Hall–Kier alpha value is -6.15. The van der Waals surface area contributed by atoms with Crippen molar-refractivity contribution in [1.29, 1.82) is 0 Å². The van der Waals surface area contributed by atoms with Gasteiger partial charge in [0.05, 0.1) is 33.5 Å². The van der Waals surface area contributed by atoms with Gasteiger partial charge >= 0.3 is 6.09 Å². The van der Waals surface area contributed by atoms with Crippen LogP contribution >= 0.6 is 0 Å². The Labute approximate surface area is 401 Å². The molecule has 2 aromatic carbocycles. The van der Waals surface area contributed by atoms with Crippen molar-refractivity contribution in [2.45, 2.75) is 116 Å². The van der Waals surface area contributed by atoms with Gasteiger partial charge in [0.25, 0.3) is 11.8 Å². The van der Waals surface area contributed by atoms with Gasteiger partial charge in [-0.3, -0.25) is 5.10 Å². The lowest BCUT2D eigenvalue weighted by Crippen LogP contribution is -2.48. The summed E-state index contributed by atoms with van der Waals surface area (Å²) in [7, 11) is 3.10. The van der Waals surface area contributed by atoms with Crippen LogP contribution in [0.2, 0.25) is 0 Å². The summed E-state index contributed by atoms with van der Waals surface area (Å²) in [6, 6.07) is 16.8. The van der Waals surface area contributed by atoms with Gasteiger partial charge in [-0.25, -0.2) is 29.4 Å². The number of H-pyrrole nitrogens is 1. The first-order valence-corrected chi connectivity index (χ1v) is 24.2. The maximum Gasteiger partial charge on any atom is 0.408 e. The van der Waals surface area contributed by atoms with Crippen LogP contribution in [-0.2, 0) is 35.5 Å². The number of hydrogen-bond acceptors (Lipinski definition) is 16. The number of benzene rings is 2. The normalized spacial score (nSPS) is 21.5. The number of piperidine rings is 2. The molecule has 19 nitrogen and oxygen atoms in total. The van der Waals surface area contributed by atoms with E-state index in [0.717, 1.165) is 76.4 Å². The van der Waals surface area contributed by atoms with Crippen molar-refractivity contribution < 1.29 is 34.0 Å². The topological polar surface area (TPSA) is 237 Å². The molecule has 3 saturated heterocycles. The summed E-state index contributed by atoms with van der Waals surface area (Å²) >= 11 is 0. The Morgan fingerprint density at radius 1 is 0.812 bits per heavy atom. The summed E-state index contributed by atoms with van der Waals surface area (Å²) in [5, 5.41) is 34.9. The summed E-state index contributed by atoms with van der Waals surface area (Å²) in [6.45, 7) is 8.96. The molecule has 1 unspecified atom stereocenters. The van der Waals surface area contributed by atoms with E-state index >= 15 is 0 Å². The first-order chi connectivity index (χ1) is 33.4. The number of aromatic amines is 1. The molecule has 366 valence electrons. The zero-order chi connectivity index (χ0) is 48.1. The van der Waals surface area contributed by atoms with E-state index in [1.807, 2.05) is 26.8 Å². The standard InChI is InChI=1S/C30H40N6O5.C20H24N6O2/c1-29(2,3)41-28(38)32-24-20-10-6-5-9-19(20)17-30(24)12-14-35(15-13-30)25-21(18-37)31-23-26(33-25)36(34-27(23)39-4)22-11-7-8-16-40-22;1-28-19-15-17(24-25-19)23-18(14(11-27)22-15)26-8-6-20(7-9-26)10-12-4-2-3-5-13(12)16(20)21/h5-6,9-10,22,24,37H,7-8,11-18H2,1-4H3,(H,32,38);2-5,16,27H,6-11,21H2,1H3,(H,23,24,25)/t22?,24-;16-/m11/s1. The number of hydrogen-bond donors (Lipinski definition) is 5. The van der Waals surface area contributed by atoms with Gasteiger partial charge in [-0.1, -0.05) is 48.5 Å². The Morgan fingerprint density at radius 2 is 1.41 bits per heavy atom. The number of nitrogens with two attached hydrogens (primary N) is 1. The predicted octanol–water partition coefficient (Wildman–Crippen LogP) is 6.13. The highest BCUT2D eigenvalue weighted by Gasteiger charge is 2.49. The van der Waals surface area contributed by atoms with E-state index in [0.29, 0.717) is 76.8 Å². The Morgan fingerprint density at radius 3 is 2.01 bits per heavy atom. The number of anilines is 2. The molecule has 0 radical (unpaired) electrons. The number of nitrogens with one attached hydrogen (secondary N) is 2. The number of carbonyl (C=O) groups excluding carboxylic acids is 1. The van der Waals surface area contributed by atoms with Gasteiger partial charge < -0.3 is 50.0 Å². The highest BCUT2D eigenvalue weighted by atomic mass is 16.6. The minimum atomic E-state index is -0.575. The highest BCUT2D eigenvalue weighted by Crippen LogP contribution is 2.53. The fourth-order valence-electron chi connectivity index (χ4n) is 11.5. The van der Waals surface area contributed by atoms with Crippen molar-refractivity contribution in [3.63, 3.8) is 0 Å². The molecular formula is C50H64N12O7. The molecule has 11 rings (SSSR count). The van der Waals surface area contributed by atoms with Gasteiger partial charge in [0, 0.05) is 44.2 Å². The van der Waals surface area contributed by atoms with Crippen molar-refractivity contribution in [2.75, 3.05) is 56.8 Å². The first-order valence-electron chi connectivity index (χ1n) is 24.2. The molecule has 19 heteroatoms. The number of aromatic nitrogens is 8. The third-order valence-corrected chi connectivity index (χ3v) is 15.0. The van der Waals surface area contributed by atoms with E-state index in [1.54, 1.807) is 11.8 Å². The van der Waals surface area contributed by atoms with Crippen LogP contribution in [0.4, 0.5) is 16.4 Å². The lowest BCUT2D eigenvalue weighted by molar-refractivity contribution is -0.0375. The number of carbonyl (C=O) groups is 1. The van der Waals surface area contributed by atoms with Crippen LogP contribution in [0.15, 0.2) is 48.5 Å². The highest BCUT2D eigenvalue weighted by molar-refractivity contribution is 5.79. The summed E-state index contributed by atoms with van der Waals surface area (Å²) < 4.78 is 24.2. The molecule has 5 aliphatic rings. The molecule has 3 aliphatic heterocycles. The average Bonchev–Trinajstić information content (AvgIpc) is 4.10. The minimum Gasteiger partial charge on any atom is -0.478 e. The fraction of sp³-hybridized carbons (Fsp3) is 0.540. The third kappa shape index (κ3) is 8.67. The number of fused-ring (bicyclic) bond motifs is 4. The van der Waals surface area contributed by atoms with Crippen LogP contribution in [0.1, 0.15) is 118 Å². The van der Waals surface area contributed by atoms with Crippen molar-refractivity contribution >= 4 is 40.1 Å². The second-order valence-corrected chi connectivity index (χ2v) is 20.2. The van der Waals surface area contributed by atoms with E-state index < -0.39 is 11.7 Å². The second kappa shape index (κ2) is 18.6. The molecule has 3 fully saturated rings. The van der Waals surface area contributed by atoms with Crippen LogP contribution in [0, 0.1) is 10.8 Å². The maximum atomic E-state index is 12.9. The number of methoxy groups -OCH3 is 2. The van der Waals surface area contributed by atoms with Crippen LogP contribution in [-0.4, -0.2) is 109 Å². The number of alkyl carbamates (subject to hydrolysis) is 1. The Bertz CT molecular complexity index is 2820. The quantitative estimate of drug-likeness (QED) is 0.115. The van der Waals surface area contributed by atoms with Crippen LogP contribution in [0.25, 0.3) is 22.3 Å². The summed E-state index contributed by atoms with van der Waals surface area (Å²) in [5.74, 6) is 2.12. The van der Waals surface area contributed by atoms with Crippen LogP contribution < -0.4 is 30.3 Å². The van der Waals surface area contributed by atoms with Crippen molar-refractivity contribution in [2.24, 2.45) is 16.6 Å². The smallest absolute Gasteiger partial charge is 0.408 e. The maximum absolute atomic E-state index is 12.9. The summed E-state index contributed by atoms with van der Waals surface area (Å²) in [5.41, 5.74) is 14.4. The molecule has 69 heavy (non-hydrogen) atoms. The number of amides is 1. The number of aliphatic hydroxyl groups is 2. The number of rotatable bonds is 8. The molecule has 0 saturated carbocycles. The van der Waals surface area contributed by atoms with Gasteiger partial charge in [0.2, 0.25) is 0 Å². The van der Waals surface area contributed by atoms with Crippen molar-refractivity contribution in [3.05, 3.63) is 82.2 Å². The van der Waals surface area contributed by atoms with Gasteiger partial charge in [0.1, 0.15) is 17.0 Å². The van der Waals surface area contributed by atoms with Crippen LogP contribution in [0.3, 0.4) is 0 Å². The van der Waals surface area contributed by atoms with Crippen LogP contribution in [0.5, 0.6) is 11.8 Å². The monoisotopic (exact) mass is 945 g/mol. The van der Waals surface area contributed by atoms with Gasteiger partial charge in [-0.15, -0.1) is 10.2 Å². The van der Waals surface area contributed by atoms with Crippen molar-refractivity contribution in [3.8, 4) is 11.8 Å². The molecule has 7 heterocycles. The van der Waals surface area contributed by atoms with Crippen molar-refractivity contribution in [1.82, 2.24) is 45.2 Å². The molecule has 4 aromatic heterocycles. The van der Waals surface area contributed by atoms with E-state index in [1.165, 1.54) is 23.8 Å². The molecule has 6 N–H and O–H groups in total. The number of aliphatic hydroxyl groups excluding tert-OH is 2. The molecule has 1 amide bonds. The zero-order valence-electron chi connectivity index (χ0n) is 40.2. The zero-order valence-corrected chi connectivity index (χ0v) is 40.2. The molecule has 6 aromatic rings. The fourth-order valence-corrected chi connectivity index (χ4v) is 11.5. The molecule has 2 aliphatic carbocycles. The van der Waals surface area contributed by atoms with Gasteiger partial charge in [0.15, 0.2) is 40.2 Å². The molecule has 3 atom stereocenters. The van der Waals surface area contributed by atoms with E-state index in [4.69, 9.17) is 34.6 Å². The van der Waals surface area contributed by atoms with E-state index in [-0.39, 0.29) is 42.4 Å². The minimum absolute atomic E-state index is 0.0774.